The first-order valence-corrected chi connectivity index (χ1v) is 11.7. The second-order valence-electron chi connectivity index (χ2n) is 9.59. The fourth-order valence-corrected chi connectivity index (χ4v) is 6.08. The third-order valence-corrected chi connectivity index (χ3v) is 7.63. The quantitative estimate of drug-likeness (QED) is 0.329. The number of nitrogens with one attached hydrogen (secondary N) is 4. The van der Waals surface area contributed by atoms with Gasteiger partial charge in [0.25, 0.3) is 0 Å². The Hall–Kier alpha value is -1.37. The van der Waals surface area contributed by atoms with E-state index in [2.05, 4.69) is 31.2 Å². The molecule has 0 aliphatic carbocycles. The zero-order valence-corrected chi connectivity index (χ0v) is 17.9. The lowest BCUT2D eigenvalue weighted by atomic mass is 9.93. The smallest absolute Gasteiger partial charge is 0.229 e. The molecule has 5 rings (SSSR count). The minimum Gasteiger partial charge on any atom is -0.350 e. The van der Waals surface area contributed by atoms with E-state index in [-0.39, 0.29) is 43.2 Å². The van der Waals surface area contributed by atoms with Gasteiger partial charge < -0.3 is 21.3 Å². The van der Waals surface area contributed by atoms with E-state index in [1.54, 1.807) is 5.01 Å². The van der Waals surface area contributed by atoms with Crippen molar-refractivity contribution in [1.82, 2.24) is 36.2 Å². The first-order chi connectivity index (χ1) is 15.0. The van der Waals surface area contributed by atoms with E-state index < -0.39 is 18.3 Å². The van der Waals surface area contributed by atoms with E-state index in [0.717, 1.165) is 45.4 Å². The average Bonchev–Trinajstić information content (AvgIpc) is 3.09. The Morgan fingerprint density at radius 3 is 2.94 bits per heavy atom. The number of hydrogen-bond donors (Lipinski definition) is 5. The number of amides is 2. The molecule has 0 radical (unpaired) electrons. The highest BCUT2D eigenvalue weighted by atomic mass is 19.1. The molecule has 7 atom stereocenters. The molecule has 174 valence electrons. The van der Waals surface area contributed by atoms with Crippen molar-refractivity contribution in [2.24, 2.45) is 11.7 Å². The van der Waals surface area contributed by atoms with Crippen LogP contribution in [0.2, 0.25) is 0 Å². The van der Waals surface area contributed by atoms with Crippen molar-refractivity contribution in [3.05, 3.63) is 0 Å². The normalized spacial score (nSPS) is 42.2. The van der Waals surface area contributed by atoms with Crippen molar-refractivity contribution in [3.63, 3.8) is 0 Å². The van der Waals surface area contributed by atoms with Crippen LogP contribution >= 0.6 is 0 Å². The number of carbonyl (C=O) groups is 2. The van der Waals surface area contributed by atoms with E-state index in [0.29, 0.717) is 19.0 Å². The predicted molar refractivity (Wildman–Crippen MR) is 112 cm³/mol. The molecule has 5 heterocycles. The van der Waals surface area contributed by atoms with Gasteiger partial charge in [-0.2, -0.15) is 0 Å². The van der Waals surface area contributed by atoms with E-state index >= 15 is 0 Å². The lowest BCUT2D eigenvalue weighted by molar-refractivity contribution is -0.140. The van der Waals surface area contributed by atoms with Gasteiger partial charge in [-0.05, 0) is 25.8 Å². The van der Waals surface area contributed by atoms with Gasteiger partial charge in [0.2, 0.25) is 11.8 Å². The number of fused-ring (bicyclic) bond motifs is 2. The van der Waals surface area contributed by atoms with Gasteiger partial charge in [-0.25, -0.2) is 14.8 Å². The molecule has 0 bridgehead atoms. The molecule has 5 fully saturated rings. The first kappa shape index (κ1) is 21.5. The topological polar surface area (TPSA) is 118 Å². The summed E-state index contributed by atoms with van der Waals surface area (Å²) in [5.41, 5.74) is 9.26. The number of hydrazine groups is 1. The van der Waals surface area contributed by atoms with E-state index in [1.165, 1.54) is 0 Å². The molecule has 10 nitrogen and oxygen atoms in total. The largest absolute Gasteiger partial charge is 0.350 e. The number of nitrogens with zero attached hydrogens (tertiary/aromatic N) is 3. The molecule has 5 aliphatic heterocycles. The minimum absolute atomic E-state index is 0.0224. The lowest BCUT2D eigenvalue weighted by Crippen LogP contribution is -2.66. The van der Waals surface area contributed by atoms with Crippen molar-refractivity contribution in [1.29, 1.82) is 0 Å². The molecule has 0 aromatic heterocycles. The highest BCUT2D eigenvalue weighted by Gasteiger charge is 2.48. The lowest BCUT2D eigenvalue weighted by Gasteiger charge is -2.49. The third-order valence-electron chi connectivity index (χ3n) is 7.63. The second kappa shape index (κ2) is 8.87. The van der Waals surface area contributed by atoms with Crippen LogP contribution in [0.1, 0.15) is 25.7 Å². The summed E-state index contributed by atoms with van der Waals surface area (Å²) in [6.45, 7) is 4.59. The van der Waals surface area contributed by atoms with E-state index in [1.807, 2.05) is 0 Å². The van der Waals surface area contributed by atoms with Gasteiger partial charge in [0.05, 0.1) is 24.3 Å². The van der Waals surface area contributed by atoms with E-state index in [9.17, 15) is 14.0 Å². The molecule has 0 aromatic carbocycles. The maximum Gasteiger partial charge on any atom is 0.229 e. The Bertz CT molecular complexity index is 698. The highest BCUT2D eigenvalue weighted by Crippen LogP contribution is 2.26. The van der Waals surface area contributed by atoms with E-state index in [4.69, 9.17) is 5.73 Å². The van der Waals surface area contributed by atoms with Crippen molar-refractivity contribution < 1.29 is 14.0 Å². The SMILES string of the molecule is NC1NN2CC(F)CNC2C1C(=O)NC1CNCCC1N1CCN2C(=O)CCCC2C1. The summed E-state index contributed by atoms with van der Waals surface area (Å²) in [7, 11) is 0. The van der Waals surface area contributed by atoms with Crippen molar-refractivity contribution in [2.45, 2.75) is 62.3 Å². The van der Waals surface area contributed by atoms with Gasteiger partial charge in [-0.1, -0.05) is 0 Å². The van der Waals surface area contributed by atoms with Crippen LogP contribution in [-0.2, 0) is 9.59 Å². The standard InChI is InChI=1S/C20H35FN8O2/c21-12-8-24-19-17(18(22)26-29(19)10-12)20(31)25-14-9-23-5-4-15(14)27-6-7-28-13(11-27)2-1-3-16(28)30/h12-15,17-19,23-24,26H,1-11,22H2,(H,25,31). The van der Waals surface area contributed by atoms with Crippen molar-refractivity contribution in [2.75, 3.05) is 45.8 Å². The molecule has 6 N–H and O–H groups in total. The Morgan fingerprint density at radius 2 is 2.06 bits per heavy atom. The number of piperidine rings is 2. The number of halogens is 1. The van der Waals surface area contributed by atoms with Crippen LogP contribution in [0.25, 0.3) is 0 Å². The molecule has 11 heteroatoms. The molecule has 0 spiro atoms. The van der Waals surface area contributed by atoms with Crippen LogP contribution in [0, 0.1) is 5.92 Å². The monoisotopic (exact) mass is 438 g/mol. The number of alkyl halides is 1. The summed E-state index contributed by atoms with van der Waals surface area (Å²) in [5.74, 6) is -0.292. The van der Waals surface area contributed by atoms with Gasteiger partial charge in [0, 0.05) is 57.8 Å². The molecule has 0 saturated carbocycles. The fraction of sp³-hybridized carbons (Fsp3) is 0.900. The molecule has 31 heavy (non-hydrogen) atoms. The maximum absolute atomic E-state index is 13.7. The Kier molecular flexibility index (Phi) is 6.15. The molecule has 5 saturated heterocycles. The summed E-state index contributed by atoms with van der Waals surface area (Å²) in [6.07, 6.45) is 1.84. The van der Waals surface area contributed by atoms with Crippen LogP contribution in [0.15, 0.2) is 0 Å². The number of rotatable bonds is 3. The predicted octanol–water partition coefficient (Wildman–Crippen LogP) is -2.48. The zero-order valence-electron chi connectivity index (χ0n) is 17.9. The van der Waals surface area contributed by atoms with Gasteiger partial charge >= 0.3 is 0 Å². The summed E-state index contributed by atoms with van der Waals surface area (Å²) < 4.78 is 13.7. The second-order valence-corrected chi connectivity index (χ2v) is 9.59. The number of carbonyl (C=O) groups excluding carboxylic acids is 2. The number of piperazine rings is 1. The summed E-state index contributed by atoms with van der Waals surface area (Å²) >= 11 is 0. The van der Waals surface area contributed by atoms with Gasteiger partial charge in [0.1, 0.15) is 6.17 Å². The Labute approximate surface area is 182 Å². The van der Waals surface area contributed by atoms with Crippen LogP contribution in [0.4, 0.5) is 4.39 Å². The minimum atomic E-state index is -0.977. The first-order valence-electron chi connectivity index (χ1n) is 11.7. The average molecular weight is 439 g/mol. The van der Waals surface area contributed by atoms with Gasteiger partial charge in [-0.3, -0.25) is 19.8 Å². The maximum atomic E-state index is 13.7. The van der Waals surface area contributed by atoms with Crippen molar-refractivity contribution in [3.8, 4) is 0 Å². The van der Waals surface area contributed by atoms with Gasteiger partial charge in [-0.15, -0.1) is 0 Å². The molecule has 2 amide bonds. The van der Waals surface area contributed by atoms with Crippen LogP contribution < -0.4 is 27.1 Å². The van der Waals surface area contributed by atoms with Crippen molar-refractivity contribution >= 4 is 11.8 Å². The molecular formula is C20H35FN8O2. The Morgan fingerprint density at radius 1 is 1.19 bits per heavy atom. The number of hydrogen-bond acceptors (Lipinski definition) is 8. The highest BCUT2D eigenvalue weighted by molar-refractivity contribution is 5.81. The molecule has 7 unspecified atom stereocenters. The molecule has 5 aliphatic rings. The molecular weight excluding hydrogens is 403 g/mol. The summed E-state index contributed by atoms with van der Waals surface area (Å²) in [5, 5.41) is 11.5. The summed E-state index contributed by atoms with van der Waals surface area (Å²) in [4.78, 5) is 30.0. The fourth-order valence-electron chi connectivity index (χ4n) is 6.08. The molecule has 0 aromatic rings. The summed E-state index contributed by atoms with van der Waals surface area (Å²) in [6, 6.07) is 0.508. The van der Waals surface area contributed by atoms with Gasteiger partial charge in [0.15, 0.2) is 0 Å². The van der Waals surface area contributed by atoms with Crippen LogP contribution in [-0.4, -0.2) is 109 Å². The van der Waals surface area contributed by atoms with Crippen LogP contribution in [0.3, 0.4) is 0 Å². The van der Waals surface area contributed by atoms with Crippen LogP contribution in [0.5, 0.6) is 0 Å². The zero-order chi connectivity index (χ0) is 21.5. The third kappa shape index (κ3) is 4.19. The Balaban J connectivity index is 1.24. The number of nitrogens with two attached hydrogens (primary N) is 1.